The predicted octanol–water partition coefficient (Wildman–Crippen LogP) is 5.12. The fourth-order valence-corrected chi connectivity index (χ4v) is 4.78. The number of nitrogens with one attached hydrogen (secondary N) is 3. The molecule has 5 rings (SSSR count). The van der Waals surface area contributed by atoms with Crippen LogP contribution in [-0.4, -0.2) is 27.8 Å². The lowest BCUT2D eigenvalue weighted by Crippen LogP contribution is -2.47. The second kappa shape index (κ2) is 10.4. The van der Waals surface area contributed by atoms with Gasteiger partial charge in [0.1, 0.15) is 6.04 Å². The third kappa shape index (κ3) is 5.15. The van der Waals surface area contributed by atoms with Crippen molar-refractivity contribution in [1.82, 2.24) is 15.3 Å². The Kier molecular flexibility index (Phi) is 6.68. The molecule has 35 heavy (non-hydrogen) atoms. The topological polar surface area (TPSA) is 86.9 Å². The third-order valence-corrected chi connectivity index (χ3v) is 6.61. The number of hydrogen-bond acceptors (Lipinski definition) is 4. The van der Waals surface area contributed by atoms with Crippen LogP contribution in [-0.2, 0) is 16.0 Å². The van der Waals surface area contributed by atoms with Gasteiger partial charge in [-0.2, -0.15) is 0 Å². The van der Waals surface area contributed by atoms with Gasteiger partial charge in [-0.15, -0.1) is 11.3 Å². The Morgan fingerprint density at radius 1 is 0.857 bits per heavy atom. The number of fused-ring (bicyclic) bond motifs is 1. The summed E-state index contributed by atoms with van der Waals surface area (Å²) in [5.74, 6) is -1.09. The molecule has 5 aromatic rings. The van der Waals surface area contributed by atoms with Gasteiger partial charge in [-0.05, 0) is 22.8 Å². The van der Waals surface area contributed by atoms with Crippen molar-refractivity contribution in [2.75, 3.05) is 5.32 Å². The zero-order valence-electron chi connectivity index (χ0n) is 18.8. The van der Waals surface area contributed by atoms with Crippen LogP contribution in [0, 0.1) is 0 Å². The first kappa shape index (κ1) is 22.6. The minimum absolute atomic E-state index is 0.235. The van der Waals surface area contributed by atoms with Gasteiger partial charge in [0, 0.05) is 35.1 Å². The molecule has 0 radical (unpaired) electrons. The van der Waals surface area contributed by atoms with Crippen molar-refractivity contribution in [3.8, 4) is 0 Å². The number of nitrogens with zero attached hydrogens (tertiary/aromatic N) is 1. The smallest absolute Gasteiger partial charge is 0.249 e. The lowest BCUT2D eigenvalue weighted by atomic mass is 9.90. The van der Waals surface area contributed by atoms with E-state index in [2.05, 4.69) is 20.6 Å². The Morgan fingerprint density at radius 2 is 1.51 bits per heavy atom. The molecule has 3 N–H and O–H groups in total. The molecule has 6 nitrogen and oxygen atoms in total. The van der Waals surface area contributed by atoms with E-state index in [0.717, 1.165) is 27.6 Å². The van der Waals surface area contributed by atoms with Crippen molar-refractivity contribution in [2.45, 2.75) is 18.4 Å². The minimum Gasteiger partial charge on any atom is -0.361 e. The van der Waals surface area contributed by atoms with Gasteiger partial charge >= 0.3 is 0 Å². The molecule has 3 aromatic carbocycles. The maximum absolute atomic E-state index is 13.7. The van der Waals surface area contributed by atoms with Gasteiger partial charge in [-0.25, -0.2) is 4.98 Å². The Morgan fingerprint density at radius 3 is 2.17 bits per heavy atom. The zero-order valence-corrected chi connectivity index (χ0v) is 19.7. The number of anilines is 1. The normalized spacial score (nSPS) is 11.9. The van der Waals surface area contributed by atoms with Crippen LogP contribution in [0.5, 0.6) is 0 Å². The highest BCUT2D eigenvalue weighted by Gasteiger charge is 2.29. The molecule has 2 heterocycles. The monoisotopic (exact) mass is 480 g/mol. The molecule has 0 aliphatic heterocycles. The Bertz CT molecular complexity index is 1380. The fraction of sp³-hybridized carbons (Fsp3) is 0.107. The molecule has 0 fully saturated rings. The van der Waals surface area contributed by atoms with E-state index in [0.29, 0.717) is 11.6 Å². The van der Waals surface area contributed by atoms with E-state index in [4.69, 9.17) is 0 Å². The average molecular weight is 481 g/mol. The van der Waals surface area contributed by atoms with Gasteiger partial charge in [-0.3, -0.25) is 9.59 Å². The van der Waals surface area contributed by atoms with Crippen molar-refractivity contribution in [3.05, 3.63) is 119 Å². The number of amides is 2. The van der Waals surface area contributed by atoms with Crippen LogP contribution in [0.3, 0.4) is 0 Å². The molecule has 1 atom stereocenters. The van der Waals surface area contributed by atoms with Gasteiger partial charge in [0.25, 0.3) is 0 Å². The molecule has 7 heteroatoms. The number of aromatic nitrogens is 2. The summed E-state index contributed by atoms with van der Waals surface area (Å²) < 4.78 is 0. The molecule has 2 amide bonds. The average Bonchev–Trinajstić information content (AvgIpc) is 3.55. The minimum atomic E-state index is -0.791. The number of para-hydroxylation sites is 1. The van der Waals surface area contributed by atoms with E-state index in [1.165, 1.54) is 11.3 Å². The largest absolute Gasteiger partial charge is 0.361 e. The van der Waals surface area contributed by atoms with Crippen molar-refractivity contribution in [2.24, 2.45) is 0 Å². The van der Waals surface area contributed by atoms with Crippen LogP contribution in [0.4, 0.5) is 5.13 Å². The maximum atomic E-state index is 13.7. The number of H-pyrrole nitrogens is 1. The van der Waals surface area contributed by atoms with Crippen LogP contribution < -0.4 is 10.6 Å². The predicted molar refractivity (Wildman–Crippen MR) is 139 cm³/mol. The first-order valence-electron chi connectivity index (χ1n) is 11.3. The van der Waals surface area contributed by atoms with Crippen molar-refractivity contribution in [3.63, 3.8) is 0 Å². The van der Waals surface area contributed by atoms with E-state index in [1.54, 1.807) is 11.6 Å². The number of carbonyl (C=O) groups is 2. The number of benzene rings is 3. The molecule has 2 aromatic heterocycles. The van der Waals surface area contributed by atoms with E-state index in [9.17, 15) is 9.59 Å². The number of hydrogen-bond donors (Lipinski definition) is 3. The van der Waals surface area contributed by atoms with Crippen LogP contribution in [0.1, 0.15) is 22.6 Å². The second-order valence-electron chi connectivity index (χ2n) is 8.21. The highest BCUT2D eigenvalue weighted by Crippen LogP contribution is 2.26. The summed E-state index contributed by atoms with van der Waals surface area (Å²) in [4.78, 5) is 34.5. The molecular formula is C28H24N4O2S. The molecule has 0 unspecified atom stereocenters. The molecular weight excluding hydrogens is 456 g/mol. The molecule has 0 aliphatic rings. The first-order valence-corrected chi connectivity index (χ1v) is 12.2. The quantitative estimate of drug-likeness (QED) is 0.288. The Balaban J connectivity index is 1.46. The van der Waals surface area contributed by atoms with E-state index in [1.807, 2.05) is 91.1 Å². The summed E-state index contributed by atoms with van der Waals surface area (Å²) in [6, 6.07) is 26.4. The summed E-state index contributed by atoms with van der Waals surface area (Å²) in [5, 5.41) is 9.21. The van der Waals surface area contributed by atoms with E-state index < -0.39 is 12.0 Å². The Labute approximate surface area is 207 Å². The maximum Gasteiger partial charge on any atom is 0.249 e. The third-order valence-electron chi connectivity index (χ3n) is 5.92. The van der Waals surface area contributed by atoms with Crippen molar-refractivity contribution < 1.29 is 9.59 Å². The summed E-state index contributed by atoms with van der Waals surface area (Å²) >= 11 is 1.34. The highest BCUT2D eigenvalue weighted by atomic mass is 32.1. The molecule has 0 saturated heterocycles. The van der Waals surface area contributed by atoms with Gasteiger partial charge in [0.15, 0.2) is 5.13 Å². The fourth-order valence-electron chi connectivity index (χ4n) is 4.25. The van der Waals surface area contributed by atoms with Crippen LogP contribution >= 0.6 is 11.3 Å². The standard InChI is InChI=1S/C28H24N4O2S/c33-26(32-28-29-15-16-35-28)24(17-21-18-30-23-14-8-7-13-22(21)23)31-27(34)25(19-9-3-1-4-10-19)20-11-5-2-6-12-20/h1-16,18,24-25,30H,17H2,(H,31,34)(H,29,32,33)/t24-/m0/s1. The number of aromatic amines is 1. The van der Waals surface area contributed by atoms with E-state index in [-0.39, 0.29) is 11.8 Å². The zero-order chi connectivity index (χ0) is 24.0. The van der Waals surface area contributed by atoms with Crippen LogP contribution in [0.2, 0.25) is 0 Å². The molecule has 174 valence electrons. The number of carbonyl (C=O) groups excluding carboxylic acids is 2. The lowest BCUT2D eigenvalue weighted by Gasteiger charge is -2.23. The summed E-state index contributed by atoms with van der Waals surface area (Å²) in [5.41, 5.74) is 3.67. The second-order valence-corrected chi connectivity index (χ2v) is 9.10. The number of rotatable bonds is 8. The van der Waals surface area contributed by atoms with Gasteiger partial charge < -0.3 is 15.6 Å². The summed E-state index contributed by atoms with van der Waals surface area (Å²) in [6.07, 6.45) is 3.87. The summed E-state index contributed by atoms with van der Waals surface area (Å²) in [6.45, 7) is 0. The van der Waals surface area contributed by atoms with Gasteiger partial charge in [0.2, 0.25) is 11.8 Å². The number of thiazole rings is 1. The van der Waals surface area contributed by atoms with Crippen LogP contribution in [0.25, 0.3) is 10.9 Å². The Hall–Kier alpha value is -4.23. The first-order chi connectivity index (χ1) is 17.2. The molecule has 0 saturated carbocycles. The van der Waals surface area contributed by atoms with E-state index >= 15 is 0 Å². The molecule has 0 aliphatic carbocycles. The van der Waals surface area contributed by atoms with Gasteiger partial charge in [-0.1, -0.05) is 78.9 Å². The molecule has 0 spiro atoms. The SMILES string of the molecule is O=C(N[C@@H](Cc1c[nH]c2ccccc12)C(=O)Nc1nccs1)C(c1ccccc1)c1ccccc1. The molecule has 0 bridgehead atoms. The van der Waals surface area contributed by atoms with Crippen molar-refractivity contribution >= 4 is 39.2 Å². The van der Waals surface area contributed by atoms with Crippen molar-refractivity contribution in [1.29, 1.82) is 0 Å². The van der Waals surface area contributed by atoms with Gasteiger partial charge in [0.05, 0.1) is 5.92 Å². The lowest BCUT2D eigenvalue weighted by molar-refractivity contribution is -0.126. The van der Waals surface area contributed by atoms with Crippen LogP contribution in [0.15, 0.2) is 103 Å². The highest BCUT2D eigenvalue weighted by molar-refractivity contribution is 7.13. The summed E-state index contributed by atoms with van der Waals surface area (Å²) in [7, 11) is 0.